The predicted octanol–water partition coefficient (Wildman–Crippen LogP) is 2.61. The first-order chi connectivity index (χ1) is 14.4. The molecule has 0 aromatic heterocycles. The van der Waals surface area contributed by atoms with Crippen LogP contribution in [0.25, 0.3) is 0 Å². The zero-order valence-corrected chi connectivity index (χ0v) is 18.5. The Kier molecular flexibility index (Phi) is 10.6. The summed E-state index contributed by atoms with van der Waals surface area (Å²) in [6.45, 7) is 3.90. The second-order valence-corrected chi connectivity index (χ2v) is 6.35. The fraction of sp³-hybridized carbons (Fsp3) is 0.455. The number of carbonyl (C=O) groups excluding carboxylic acids is 2. The van der Waals surface area contributed by atoms with Crippen molar-refractivity contribution in [2.45, 2.75) is 33.2 Å². The molecule has 8 heteroatoms. The number of halogens is 1. The maximum atomic E-state index is 13.7. The molecule has 0 bridgehead atoms. The van der Waals surface area contributed by atoms with Gasteiger partial charge in [0.05, 0.1) is 19.8 Å². The Morgan fingerprint density at radius 2 is 1.80 bits per heavy atom. The Morgan fingerprint density at radius 3 is 2.30 bits per heavy atom. The van der Waals surface area contributed by atoms with E-state index in [9.17, 15) is 14.0 Å². The number of likely N-dealkylation sites (N-methyl/N-ethyl adjacent to an activating group) is 1. The lowest BCUT2D eigenvalue weighted by atomic mass is 9.98. The summed E-state index contributed by atoms with van der Waals surface area (Å²) in [7, 11) is 5.75. The highest BCUT2D eigenvalue weighted by Gasteiger charge is 2.25. The number of methoxy groups -OCH3 is 3. The summed E-state index contributed by atoms with van der Waals surface area (Å²) in [6, 6.07) is 4.72. The molecular weight excluding hydrogens is 391 g/mol. The molecule has 2 N–H and O–H groups in total. The molecule has 30 heavy (non-hydrogen) atoms. The van der Waals surface area contributed by atoms with Crippen LogP contribution in [0, 0.1) is 5.82 Å². The van der Waals surface area contributed by atoms with Gasteiger partial charge < -0.3 is 24.8 Å². The number of amides is 1. The third-order valence-electron chi connectivity index (χ3n) is 4.57. The maximum Gasteiger partial charge on any atom is 0.354 e. The molecule has 1 aromatic rings. The minimum absolute atomic E-state index is 0.0391. The van der Waals surface area contributed by atoms with E-state index in [1.54, 1.807) is 19.2 Å². The highest BCUT2D eigenvalue weighted by atomic mass is 19.1. The van der Waals surface area contributed by atoms with E-state index in [-0.39, 0.29) is 36.0 Å². The lowest BCUT2D eigenvalue weighted by Crippen LogP contribution is -2.30. The van der Waals surface area contributed by atoms with Gasteiger partial charge in [0.2, 0.25) is 0 Å². The summed E-state index contributed by atoms with van der Waals surface area (Å²) >= 11 is 0. The van der Waals surface area contributed by atoms with Gasteiger partial charge in [-0.2, -0.15) is 0 Å². The van der Waals surface area contributed by atoms with Gasteiger partial charge in [0, 0.05) is 20.7 Å². The first-order valence-corrected chi connectivity index (χ1v) is 9.69. The van der Waals surface area contributed by atoms with Crippen LogP contribution in [0.3, 0.4) is 0 Å². The van der Waals surface area contributed by atoms with Gasteiger partial charge in [-0.15, -0.1) is 0 Å². The Morgan fingerprint density at radius 1 is 1.10 bits per heavy atom. The van der Waals surface area contributed by atoms with E-state index in [1.807, 2.05) is 13.8 Å². The van der Waals surface area contributed by atoms with Gasteiger partial charge in [-0.1, -0.05) is 26.0 Å². The van der Waals surface area contributed by atoms with Crippen molar-refractivity contribution in [1.29, 1.82) is 0 Å². The second kappa shape index (κ2) is 12.6. The SMILES string of the molecule is CCC(=C(/NC)C(=O)OC)/C(C(=O)NCc1ccc(F)c(CC)c1)=C(\COC)OC. The Balaban J connectivity index is 3.37. The van der Waals surface area contributed by atoms with Gasteiger partial charge in [0.25, 0.3) is 5.91 Å². The van der Waals surface area contributed by atoms with Crippen molar-refractivity contribution in [3.8, 4) is 0 Å². The molecule has 0 spiro atoms. The minimum Gasteiger partial charge on any atom is -0.498 e. The van der Waals surface area contributed by atoms with E-state index >= 15 is 0 Å². The highest BCUT2D eigenvalue weighted by molar-refractivity contribution is 6.01. The van der Waals surface area contributed by atoms with Crippen LogP contribution >= 0.6 is 0 Å². The number of rotatable bonds is 11. The van der Waals surface area contributed by atoms with Crippen molar-refractivity contribution in [3.63, 3.8) is 0 Å². The molecule has 0 aliphatic heterocycles. The molecule has 0 radical (unpaired) electrons. The van der Waals surface area contributed by atoms with Gasteiger partial charge in [0.1, 0.15) is 23.9 Å². The average Bonchev–Trinajstić information content (AvgIpc) is 2.76. The van der Waals surface area contributed by atoms with E-state index in [0.717, 1.165) is 5.56 Å². The molecule has 1 amide bonds. The third-order valence-corrected chi connectivity index (χ3v) is 4.57. The molecule has 1 rings (SSSR count). The number of hydrogen-bond acceptors (Lipinski definition) is 6. The van der Waals surface area contributed by atoms with Gasteiger partial charge in [-0.25, -0.2) is 9.18 Å². The van der Waals surface area contributed by atoms with Crippen LogP contribution in [0.1, 0.15) is 31.4 Å². The van der Waals surface area contributed by atoms with Crippen LogP contribution in [0.4, 0.5) is 4.39 Å². The van der Waals surface area contributed by atoms with E-state index < -0.39 is 11.9 Å². The van der Waals surface area contributed by atoms with E-state index in [0.29, 0.717) is 24.0 Å². The molecule has 1 aromatic carbocycles. The molecule has 0 aliphatic carbocycles. The molecule has 0 heterocycles. The van der Waals surface area contributed by atoms with Crippen molar-refractivity contribution in [2.75, 3.05) is 35.0 Å². The fourth-order valence-electron chi connectivity index (χ4n) is 3.03. The van der Waals surface area contributed by atoms with Crippen LogP contribution in [0.2, 0.25) is 0 Å². The third kappa shape index (κ3) is 6.32. The molecule has 0 atom stereocenters. The number of aryl methyl sites for hydroxylation is 1. The number of ether oxygens (including phenoxy) is 3. The van der Waals surface area contributed by atoms with Crippen LogP contribution in [0.15, 0.2) is 40.8 Å². The summed E-state index contributed by atoms with van der Waals surface area (Å²) in [5, 5.41) is 5.63. The largest absolute Gasteiger partial charge is 0.498 e. The highest BCUT2D eigenvalue weighted by Crippen LogP contribution is 2.23. The summed E-state index contributed by atoms with van der Waals surface area (Å²) in [6.07, 6.45) is 0.912. The number of benzene rings is 1. The molecule has 0 aliphatic rings. The van der Waals surface area contributed by atoms with Crippen LogP contribution in [-0.4, -0.2) is 46.9 Å². The normalized spacial score (nSPS) is 12.5. The molecule has 0 saturated heterocycles. The van der Waals surface area contributed by atoms with Crippen molar-refractivity contribution >= 4 is 11.9 Å². The number of nitrogens with one attached hydrogen (secondary N) is 2. The zero-order valence-electron chi connectivity index (χ0n) is 18.5. The van der Waals surface area contributed by atoms with Gasteiger partial charge in [-0.3, -0.25) is 4.79 Å². The van der Waals surface area contributed by atoms with E-state index in [2.05, 4.69) is 10.6 Å². The maximum absolute atomic E-state index is 13.7. The zero-order chi connectivity index (χ0) is 22.7. The molecule has 0 unspecified atom stereocenters. The van der Waals surface area contributed by atoms with Gasteiger partial charge in [-0.05, 0) is 35.6 Å². The quantitative estimate of drug-likeness (QED) is 0.247. The number of esters is 1. The Labute approximate surface area is 177 Å². The smallest absolute Gasteiger partial charge is 0.354 e. The van der Waals surface area contributed by atoms with E-state index in [4.69, 9.17) is 14.2 Å². The summed E-state index contributed by atoms with van der Waals surface area (Å²) in [5.74, 6) is -1.04. The lowest BCUT2D eigenvalue weighted by molar-refractivity contribution is -0.136. The number of hydrogen-bond donors (Lipinski definition) is 2. The first-order valence-electron chi connectivity index (χ1n) is 9.69. The summed E-state index contributed by atoms with van der Waals surface area (Å²) in [5.41, 5.74) is 2.12. The first kappa shape index (κ1) is 25.2. The topological polar surface area (TPSA) is 85.9 Å². The fourth-order valence-corrected chi connectivity index (χ4v) is 3.03. The molecular formula is C22H31FN2O5. The lowest BCUT2D eigenvalue weighted by Gasteiger charge is -2.19. The molecule has 0 fully saturated rings. The molecule has 0 saturated carbocycles. The summed E-state index contributed by atoms with van der Waals surface area (Å²) < 4.78 is 29.1. The monoisotopic (exact) mass is 422 g/mol. The average molecular weight is 422 g/mol. The summed E-state index contributed by atoms with van der Waals surface area (Å²) in [4.78, 5) is 25.4. The Bertz CT molecular complexity index is 818. The van der Waals surface area contributed by atoms with E-state index in [1.165, 1.54) is 27.4 Å². The van der Waals surface area contributed by atoms with Crippen LogP contribution in [0.5, 0.6) is 0 Å². The molecule has 7 nitrogen and oxygen atoms in total. The van der Waals surface area contributed by atoms with Gasteiger partial charge in [0.15, 0.2) is 0 Å². The van der Waals surface area contributed by atoms with Crippen molar-refractivity contribution < 1.29 is 28.2 Å². The minimum atomic E-state index is -0.598. The molecule has 166 valence electrons. The predicted molar refractivity (Wildman–Crippen MR) is 112 cm³/mol. The van der Waals surface area contributed by atoms with Crippen LogP contribution in [-0.2, 0) is 36.8 Å². The van der Waals surface area contributed by atoms with Crippen molar-refractivity contribution in [1.82, 2.24) is 10.6 Å². The number of carbonyl (C=O) groups is 2. The van der Waals surface area contributed by atoms with Crippen LogP contribution < -0.4 is 10.6 Å². The Hall–Kier alpha value is -2.87. The standard InChI is InChI=1S/C22H31FN2O5/c1-7-15-11-14(9-10-17(15)23)12-25-21(26)19(18(29-5)13-28-4)16(8-2)20(24-3)22(27)30-6/h9-11,24H,7-8,12-13H2,1-6H3,(H,25,26)/b19-18-,20-16-. The van der Waals surface area contributed by atoms with Crippen molar-refractivity contribution in [3.05, 3.63) is 57.7 Å². The second-order valence-electron chi connectivity index (χ2n) is 6.35. The van der Waals surface area contributed by atoms with Crippen molar-refractivity contribution in [2.24, 2.45) is 0 Å². The van der Waals surface area contributed by atoms with Gasteiger partial charge >= 0.3 is 5.97 Å².